The number of nitrogens with zero attached hydrogens (tertiary/aromatic N) is 2. The minimum absolute atomic E-state index is 0.195. The van der Waals surface area contributed by atoms with Crippen molar-refractivity contribution in [2.75, 3.05) is 20.0 Å². The number of ether oxygens (including phenoxy) is 3. The first-order valence-corrected chi connectivity index (χ1v) is 9.88. The monoisotopic (exact) mass is 412 g/mol. The predicted molar refractivity (Wildman–Crippen MR) is 108 cm³/mol. The molecule has 1 aromatic carbocycles. The number of rotatable bonds is 8. The van der Waals surface area contributed by atoms with Gasteiger partial charge in [-0.15, -0.1) is 0 Å². The Balaban J connectivity index is 1.26. The molecule has 0 amide bonds. The van der Waals surface area contributed by atoms with Crippen LogP contribution in [0.2, 0.25) is 0 Å². The maximum atomic E-state index is 12.5. The van der Waals surface area contributed by atoms with Gasteiger partial charge < -0.3 is 23.6 Å². The van der Waals surface area contributed by atoms with Crippen LogP contribution in [0.15, 0.2) is 29.4 Å². The van der Waals surface area contributed by atoms with Gasteiger partial charge in [0, 0.05) is 28.6 Å². The van der Waals surface area contributed by atoms with Crippen LogP contribution in [-0.2, 0) is 14.4 Å². The van der Waals surface area contributed by atoms with E-state index in [0.717, 1.165) is 29.8 Å². The smallest absolute Gasteiger partial charge is 0.347 e. The minimum atomic E-state index is -0.651. The van der Waals surface area contributed by atoms with Gasteiger partial charge in [-0.3, -0.25) is 4.79 Å². The number of benzene rings is 1. The molecule has 0 atom stereocenters. The second-order valence-corrected chi connectivity index (χ2v) is 7.49. The number of carbonyl (C=O) groups is 2. The van der Waals surface area contributed by atoms with Crippen LogP contribution in [0.25, 0.3) is 0 Å². The molecule has 4 rings (SSSR count). The Morgan fingerprint density at radius 3 is 2.67 bits per heavy atom. The highest BCUT2D eigenvalue weighted by atomic mass is 16.7. The van der Waals surface area contributed by atoms with Crippen LogP contribution in [-0.4, -0.2) is 42.0 Å². The summed E-state index contributed by atoms with van der Waals surface area (Å²) in [5, 5.41) is 3.93. The third-order valence-corrected chi connectivity index (χ3v) is 5.24. The molecule has 2 aliphatic rings. The summed E-state index contributed by atoms with van der Waals surface area (Å²) in [6, 6.07) is 7.76. The summed E-state index contributed by atoms with van der Waals surface area (Å²) in [6.45, 7) is 5.17. The van der Waals surface area contributed by atoms with E-state index in [9.17, 15) is 9.59 Å². The second-order valence-electron chi connectivity index (χ2n) is 7.49. The molecule has 0 spiro atoms. The van der Waals surface area contributed by atoms with Gasteiger partial charge in [0.05, 0.1) is 5.71 Å². The number of esters is 1. The SMILES string of the molecule is CC(=NOCC(=O)OCC(=O)c1cc(C)n(C2CC2)c1C)c1ccc2c(c1)OCO2. The molecule has 30 heavy (non-hydrogen) atoms. The number of aryl methyl sites for hydroxylation is 1. The van der Waals surface area contributed by atoms with E-state index in [4.69, 9.17) is 19.0 Å². The normalized spacial score (nSPS) is 15.2. The van der Waals surface area contributed by atoms with Crippen molar-refractivity contribution in [1.82, 2.24) is 4.57 Å². The van der Waals surface area contributed by atoms with E-state index >= 15 is 0 Å². The first kappa shape index (κ1) is 20.0. The lowest BCUT2D eigenvalue weighted by Gasteiger charge is -2.08. The number of hydrogen-bond acceptors (Lipinski definition) is 7. The van der Waals surface area contributed by atoms with Crippen LogP contribution in [0.1, 0.15) is 53.1 Å². The number of oxime groups is 1. The quantitative estimate of drug-likeness (QED) is 0.286. The van der Waals surface area contributed by atoms with Crippen LogP contribution in [0.5, 0.6) is 11.5 Å². The molecule has 0 bridgehead atoms. The van der Waals surface area contributed by atoms with Crippen molar-refractivity contribution in [3.63, 3.8) is 0 Å². The maximum absolute atomic E-state index is 12.5. The van der Waals surface area contributed by atoms with Gasteiger partial charge in [-0.25, -0.2) is 4.79 Å². The van der Waals surface area contributed by atoms with Crippen LogP contribution in [0.3, 0.4) is 0 Å². The molecule has 0 unspecified atom stereocenters. The summed E-state index contributed by atoms with van der Waals surface area (Å²) in [7, 11) is 0. The zero-order valence-electron chi connectivity index (χ0n) is 17.3. The number of ketones is 1. The average Bonchev–Trinajstić information content (AvgIpc) is 3.36. The third-order valence-electron chi connectivity index (χ3n) is 5.24. The topological polar surface area (TPSA) is 88.4 Å². The molecule has 2 aromatic rings. The Hall–Kier alpha value is -3.29. The second kappa shape index (κ2) is 8.22. The molecule has 158 valence electrons. The van der Waals surface area contributed by atoms with E-state index in [0.29, 0.717) is 28.8 Å². The standard InChI is InChI=1S/C22H24N2O6/c1-13-8-18(15(3)24(13)17-5-6-17)19(25)10-27-22(26)11-30-23-14(2)16-4-7-20-21(9-16)29-12-28-20/h4,7-9,17H,5-6,10-12H2,1-3H3. The predicted octanol–water partition coefficient (Wildman–Crippen LogP) is 3.34. The van der Waals surface area contributed by atoms with Gasteiger partial charge in [-0.1, -0.05) is 5.16 Å². The van der Waals surface area contributed by atoms with Crippen LogP contribution in [0, 0.1) is 13.8 Å². The summed E-state index contributed by atoms with van der Waals surface area (Å²) in [4.78, 5) is 29.5. The van der Waals surface area contributed by atoms with Gasteiger partial charge in [0.15, 0.2) is 18.1 Å². The average molecular weight is 412 g/mol. The van der Waals surface area contributed by atoms with Crippen LogP contribution >= 0.6 is 0 Å². The molecule has 0 radical (unpaired) electrons. The Morgan fingerprint density at radius 1 is 1.13 bits per heavy atom. The van der Waals surface area contributed by atoms with Crippen molar-refractivity contribution in [1.29, 1.82) is 0 Å². The summed E-state index contributed by atoms with van der Waals surface area (Å²) < 4.78 is 17.8. The van der Waals surface area contributed by atoms with Gasteiger partial charge >= 0.3 is 5.97 Å². The molecule has 8 heteroatoms. The largest absolute Gasteiger partial charge is 0.455 e. The highest BCUT2D eigenvalue weighted by Crippen LogP contribution is 2.38. The van der Waals surface area contributed by atoms with Gasteiger partial charge in [-0.2, -0.15) is 0 Å². The number of hydrogen-bond donors (Lipinski definition) is 0. The van der Waals surface area contributed by atoms with E-state index in [1.807, 2.05) is 26.0 Å². The molecule has 1 aliphatic heterocycles. The highest BCUT2D eigenvalue weighted by molar-refractivity contribution is 5.99. The minimum Gasteiger partial charge on any atom is -0.455 e. The first-order chi connectivity index (χ1) is 14.4. The first-order valence-electron chi connectivity index (χ1n) is 9.88. The Bertz CT molecular complexity index is 1020. The van der Waals surface area contributed by atoms with E-state index in [2.05, 4.69) is 9.72 Å². The van der Waals surface area contributed by atoms with Crippen molar-refractivity contribution in [3.05, 3.63) is 46.8 Å². The molecule has 0 N–H and O–H groups in total. The van der Waals surface area contributed by atoms with E-state index in [1.165, 1.54) is 0 Å². The molecule has 1 aliphatic carbocycles. The lowest BCUT2D eigenvalue weighted by molar-refractivity contribution is -0.147. The van der Waals surface area contributed by atoms with Crippen molar-refractivity contribution >= 4 is 17.5 Å². The number of carbonyl (C=O) groups excluding carboxylic acids is 2. The summed E-state index contributed by atoms with van der Waals surface area (Å²) >= 11 is 0. The molecule has 1 saturated carbocycles. The van der Waals surface area contributed by atoms with Crippen LogP contribution < -0.4 is 9.47 Å². The maximum Gasteiger partial charge on any atom is 0.347 e. The molecule has 2 heterocycles. The fraction of sp³-hybridized carbons (Fsp3) is 0.409. The molecule has 1 aromatic heterocycles. The number of Topliss-reactive ketones (excluding diaryl/α,β-unsaturated/α-hetero) is 1. The van der Waals surface area contributed by atoms with Crippen molar-refractivity contribution in [3.8, 4) is 11.5 Å². The summed E-state index contributed by atoms with van der Waals surface area (Å²) in [5.74, 6) is 0.449. The summed E-state index contributed by atoms with van der Waals surface area (Å²) in [5.41, 5.74) is 3.95. The van der Waals surface area contributed by atoms with Crippen molar-refractivity contribution in [2.45, 2.75) is 39.7 Å². The van der Waals surface area contributed by atoms with E-state index in [1.54, 1.807) is 19.1 Å². The lowest BCUT2D eigenvalue weighted by atomic mass is 10.1. The Kier molecular flexibility index (Phi) is 5.48. The molecule has 8 nitrogen and oxygen atoms in total. The fourth-order valence-corrected chi connectivity index (χ4v) is 3.58. The van der Waals surface area contributed by atoms with Gasteiger partial charge in [0.2, 0.25) is 19.2 Å². The van der Waals surface area contributed by atoms with E-state index in [-0.39, 0.29) is 25.8 Å². The number of aromatic nitrogens is 1. The van der Waals surface area contributed by atoms with Crippen LogP contribution in [0.4, 0.5) is 0 Å². The third kappa shape index (κ3) is 4.17. The molecule has 0 saturated heterocycles. The van der Waals surface area contributed by atoms with E-state index < -0.39 is 5.97 Å². The van der Waals surface area contributed by atoms with Crippen molar-refractivity contribution < 1.29 is 28.6 Å². The lowest BCUT2D eigenvalue weighted by Crippen LogP contribution is -2.18. The molecule has 1 fully saturated rings. The highest BCUT2D eigenvalue weighted by Gasteiger charge is 2.28. The Labute approximate surface area is 174 Å². The van der Waals surface area contributed by atoms with Gasteiger partial charge in [0.25, 0.3) is 0 Å². The molecular formula is C22H24N2O6. The molecular weight excluding hydrogens is 388 g/mol. The van der Waals surface area contributed by atoms with Gasteiger partial charge in [0.1, 0.15) is 0 Å². The summed E-state index contributed by atoms with van der Waals surface area (Å²) in [6.07, 6.45) is 2.28. The van der Waals surface area contributed by atoms with Gasteiger partial charge in [-0.05, 0) is 57.9 Å². The Morgan fingerprint density at radius 2 is 1.90 bits per heavy atom. The zero-order valence-corrected chi connectivity index (χ0v) is 17.3. The van der Waals surface area contributed by atoms with Crippen molar-refractivity contribution in [2.24, 2.45) is 5.16 Å². The number of fused-ring (bicyclic) bond motifs is 1. The fourth-order valence-electron chi connectivity index (χ4n) is 3.58. The zero-order chi connectivity index (χ0) is 21.3.